The van der Waals surface area contributed by atoms with Crippen LogP contribution in [0.25, 0.3) is 0 Å². The lowest BCUT2D eigenvalue weighted by Crippen LogP contribution is -2.38. The summed E-state index contributed by atoms with van der Waals surface area (Å²) in [5.74, 6) is 0. The van der Waals surface area contributed by atoms with Crippen LogP contribution in [0.4, 0.5) is 5.69 Å². The van der Waals surface area contributed by atoms with Crippen molar-refractivity contribution in [3.8, 4) is 0 Å². The highest BCUT2D eigenvalue weighted by Crippen LogP contribution is 2.32. The molecule has 1 aromatic carbocycles. The molecule has 1 saturated carbocycles. The minimum absolute atomic E-state index is 0.213. The van der Waals surface area contributed by atoms with Crippen molar-refractivity contribution in [2.75, 3.05) is 11.9 Å². The molecule has 94 valence electrons. The van der Waals surface area contributed by atoms with Gasteiger partial charge < -0.3 is 10.6 Å². The van der Waals surface area contributed by atoms with Gasteiger partial charge in [0.15, 0.2) is 0 Å². The Morgan fingerprint density at radius 3 is 2.71 bits per heavy atom. The first-order chi connectivity index (χ1) is 8.08. The second-order valence-corrected chi connectivity index (χ2v) is 6.07. The normalized spacial score (nSPS) is 17.6. The van der Waals surface area contributed by atoms with Crippen molar-refractivity contribution >= 4 is 21.6 Å². The summed E-state index contributed by atoms with van der Waals surface area (Å²) in [6.45, 7) is 2.06. The third-order valence-electron chi connectivity index (χ3n) is 3.59. The molecule has 0 bridgehead atoms. The Morgan fingerprint density at radius 1 is 1.47 bits per heavy atom. The molecule has 1 fully saturated rings. The Kier molecular flexibility index (Phi) is 4.10. The molecule has 0 aliphatic heterocycles. The van der Waals surface area contributed by atoms with Crippen LogP contribution in [0.15, 0.2) is 22.7 Å². The summed E-state index contributed by atoms with van der Waals surface area (Å²) in [6, 6.07) is 7.45. The number of anilines is 1. The molecular weight excluding hydrogens is 276 g/mol. The number of hydrogen-bond donors (Lipinski definition) is 1. The van der Waals surface area contributed by atoms with Gasteiger partial charge in [0.05, 0.1) is 0 Å². The monoisotopic (exact) mass is 296 g/mol. The van der Waals surface area contributed by atoms with Crippen molar-refractivity contribution < 1.29 is 0 Å². The predicted octanol–water partition coefficient (Wildman–Crippen LogP) is 3.33. The summed E-state index contributed by atoms with van der Waals surface area (Å²) < 4.78 is 1.15. The van der Waals surface area contributed by atoms with E-state index < -0.39 is 0 Å². The maximum atomic E-state index is 5.92. The molecule has 0 heterocycles. The second kappa shape index (κ2) is 5.40. The molecule has 2 rings (SSSR count). The van der Waals surface area contributed by atoms with Crippen molar-refractivity contribution in [1.82, 2.24) is 0 Å². The fraction of sp³-hybridized carbons (Fsp3) is 0.571. The highest BCUT2D eigenvalue weighted by molar-refractivity contribution is 9.10. The average molecular weight is 297 g/mol. The van der Waals surface area contributed by atoms with Crippen LogP contribution in [0.1, 0.15) is 31.7 Å². The number of rotatable bonds is 4. The summed E-state index contributed by atoms with van der Waals surface area (Å²) in [7, 11) is 2.20. The van der Waals surface area contributed by atoms with Gasteiger partial charge in [-0.05, 0) is 50.3 Å². The van der Waals surface area contributed by atoms with E-state index in [0.29, 0.717) is 0 Å². The van der Waals surface area contributed by atoms with Crippen molar-refractivity contribution in [3.63, 3.8) is 0 Å². The van der Waals surface area contributed by atoms with E-state index in [0.717, 1.165) is 16.9 Å². The van der Waals surface area contributed by atoms with Crippen LogP contribution in [0.5, 0.6) is 0 Å². The van der Waals surface area contributed by atoms with E-state index in [4.69, 9.17) is 5.73 Å². The highest BCUT2D eigenvalue weighted by atomic mass is 79.9. The molecule has 2 N–H and O–H groups in total. The van der Waals surface area contributed by atoms with Crippen LogP contribution < -0.4 is 10.6 Å². The lowest BCUT2D eigenvalue weighted by Gasteiger charge is -2.37. The van der Waals surface area contributed by atoms with Gasteiger partial charge in [0.25, 0.3) is 0 Å². The number of benzene rings is 1. The average Bonchev–Trinajstić information content (AvgIpc) is 2.17. The molecule has 1 unspecified atom stereocenters. The second-order valence-electron chi connectivity index (χ2n) is 5.15. The van der Waals surface area contributed by atoms with E-state index in [9.17, 15) is 0 Å². The molecule has 0 radical (unpaired) electrons. The molecule has 2 nitrogen and oxygen atoms in total. The summed E-state index contributed by atoms with van der Waals surface area (Å²) >= 11 is 3.56. The third kappa shape index (κ3) is 3.02. The van der Waals surface area contributed by atoms with Gasteiger partial charge in [0, 0.05) is 29.3 Å². The maximum Gasteiger partial charge on any atom is 0.0410 e. The summed E-state index contributed by atoms with van der Waals surface area (Å²) in [4.78, 5) is 2.42. The molecule has 1 aliphatic carbocycles. The van der Waals surface area contributed by atoms with Gasteiger partial charge in [-0.2, -0.15) is 0 Å². The van der Waals surface area contributed by atoms with Gasteiger partial charge >= 0.3 is 0 Å². The Hall–Kier alpha value is -0.540. The fourth-order valence-corrected chi connectivity index (χ4v) is 2.70. The van der Waals surface area contributed by atoms with E-state index in [1.165, 1.54) is 30.5 Å². The number of nitrogens with zero attached hydrogens (tertiary/aromatic N) is 1. The van der Waals surface area contributed by atoms with E-state index in [2.05, 4.69) is 53.0 Å². The molecule has 1 atom stereocenters. The van der Waals surface area contributed by atoms with Gasteiger partial charge in [-0.3, -0.25) is 0 Å². The first-order valence-corrected chi connectivity index (χ1v) is 7.14. The summed E-state index contributed by atoms with van der Waals surface area (Å²) in [5.41, 5.74) is 8.62. The Labute approximate surface area is 112 Å². The standard InChI is InChI=1S/C14H21BrN2/c1-10(16)8-11-6-7-12(15)9-14(11)17(2)13-4-3-5-13/h6-7,9-10,13H,3-5,8,16H2,1-2H3. The van der Waals surface area contributed by atoms with E-state index in [-0.39, 0.29) is 6.04 Å². The van der Waals surface area contributed by atoms with Gasteiger partial charge in [-0.15, -0.1) is 0 Å². The zero-order chi connectivity index (χ0) is 12.4. The molecule has 1 aromatic rings. The van der Waals surface area contributed by atoms with E-state index >= 15 is 0 Å². The highest BCUT2D eigenvalue weighted by Gasteiger charge is 2.23. The minimum atomic E-state index is 0.213. The SMILES string of the molecule is CC(N)Cc1ccc(Br)cc1N(C)C1CCC1. The molecule has 1 aliphatic rings. The molecule has 3 heteroatoms. The van der Waals surface area contributed by atoms with Gasteiger partial charge in [-0.25, -0.2) is 0 Å². The van der Waals surface area contributed by atoms with Crippen molar-refractivity contribution in [2.24, 2.45) is 5.73 Å². The zero-order valence-corrected chi connectivity index (χ0v) is 12.2. The zero-order valence-electron chi connectivity index (χ0n) is 10.6. The number of nitrogens with two attached hydrogens (primary N) is 1. The van der Waals surface area contributed by atoms with Crippen LogP contribution in [0.2, 0.25) is 0 Å². The lowest BCUT2D eigenvalue weighted by molar-refractivity contribution is 0.400. The summed E-state index contributed by atoms with van der Waals surface area (Å²) in [5, 5.41) is 0. The quantitative estimate of drug-likeness (QED) is 0.923. The lowest BCUT2D eigenvalue weighted by atomic mass is 9.90. The Bertz CT molecular complexity index is 386. The smallest absolute Gasteiger partial charge is 0.0410 e. The molecular formula is C14H21BrN2. The largest absolute Gasteiger partial charge is 0.371 e. The molecule has 17 heavy (non-hydrogen) atoms. The molecule has 0 amide bonds. The van der Waals surface area contributed by atoms with Gasteiger partial charge in [0.1, 0.15) is 0 Å². The van der Waals surface area contributed by atoms with Crippen LogP contribution in [-0.4, -0.2) is 19.1 Å². The summed E-state index contributed by atoms with van der Waals surface area (Å²) in [6.07, 6.45) is 4.95. The predicted molar refractivity (Wildman–Crippen MR) is 77.5 cm³/mol. The topological polar surface area (TPSA) is 29.3 Å². The molecule has 0 saturated heterocycles. The van der Waals surface area contributed by atoms with Crippen molar-refractivity contribution in [1.29, 1.82) is 0 Å². The molecule has 0 aromatic heterocycles. The third-order valence-corrected chi connectivity index (χ3v) is 4.08. The first-order valence-electron chi connectivity index (χ1n) is 6.35. The van der Waals surface area contributed by atoms with Crippen LogP contribution in [0.3, 0.4) is 0 Å². The first kappa shape index (κ1) is 12.9. The van der Waals surface area contributed by atoms with Crippen molar-refractivity contribution in [2.45, 2.75) is 44.7 Å². The van der Waals surface area contributed by atoms with Gasteiger partial charge in [0.2, 0.25) is 0 Å². The number of halogens is 1. The minimum Gasteiger partial charge on any atom is -0.371 e. The number of hydrogen-bond acceptors (Lipinski definition) is 2. The van der Waals surface area contributed by atoms with Crippen LogP contribution in [-0.2, 0) is 6.42 Å². The van der Waals surface area contributed by atoms with E-state index in [1.807, 2.05) is 0 Å². The van der Waals surface area contributed by atoms with Crippen LogP contribution in [0, 0.1) is 0 Å². The van der Waals surface area contributed by atoms with Crippen molar-refractivity contribution in [3.05, 3.63) is 28.2 Å². The fourth-order valence-electron chi connectivity index (χ4n) is 2.36. The Morgan fingerprint density at radius 2 is 2.18 bits per heavy atom. The Balaban J connectivity index is 2.25. The van der Waals surface area contributed by atoms with E-state index in [1.54, 1.807) is 0 Å². The maximum absolute atomic E-state index is 5.92. The molecule has 0 spiro atoms. The van der Waals surface area contributed by atoms with Crippen LogP contribution >= 0.6 is 15.9 Å². The van der Waals surface area contributed by atoms with Gasteiger partial charge in [-0.1, -0.05) is 22.0 Å².